The van der Waals surface area contributed by atoms with Gasteiger partial charge in [0.25, 0.3) is 0 Å². The van der Waals surface area contributed by atoms with Gasteiger partial charge in [-0.25, -0.2) is 12.8 Å². The minimum absolute atomic E-state index is 0.0193. The van der Waals surface area contributed by atoms with Gasteiger partial charge >= 0.3 is 0 Å². The van der Waals surface area contributed by atoms with E-state index >= 15 is 0 Å². The molecule has 1 aliphatic rings. The van der Waals surface area contributed by atoms with E-state index in [1.54, 1.807) is 0 Å². The quantitative estimate of drug-likeness (QED) is 0.478. The summed E-state index contributed by atoms with van der Waals surface area (Å²) in [6.45, 7) is -0.338. The Bertz CT molecular complexity index is 1320. The molecule has 1 N–H and O–H groups in total. The fraction of sp³-hybridized carbons (Fsp3) is 0.167. The molecule has 2 heterocycles. The first kappa shape index (κ1) is 20.5. The monoisotopic (exact) mass is 453 g/mol. The van der Waals surface area contributed by atoms with E-state index < -0.39 is 22.2 Å². The zero-order valence-electron chi connectivity index (χ0n) is 16.9. The van der Waals surface area contributed by atoms with Crippen molar-refractivity contribution in [1.29, 1.82) is 0 Å². The Labute approximate surface area is 184 Å². The molecule has 2 atom stereocenters. The van der Waals surface area contributed by atoms with Gasteiger partial charge in [0.15, 0.2) is 17.7 Å². The van der Waals surface area contributed by atoms with Gasteiger partial charge in [0, 0.05) is 11.5 Å². The van der Waals surface area contributed by atoms with Crippen molar-refractivity contribution in [1.82, 2.24) is 4.72 Å². The SMILES string of the molecule is O=S(=O)(N[C@@H](c1ccccc1)c1cc2ccccc2o1)c1ccc2c(c1)OC[C@H](F)CO2. The van der Waals surface area contributed by atoms with Crippen LogP contribution in [0.25, 0.3) is 11.0 Å². The van der Waals surface area contributed by atoms with Gasteiger partial charge in [-0.1, -0.05) is 48.5 Å². The van der Waals surface area contributed by atoms with E-state index in [0.29, 0.717) is 17.1 Å². The molecule has 3 aromatic carbocycles. The Morgan fingerprint density at radius 3 is 2.38 bits per heavy atom. The minimum atomic E-state index is -3.99. The fourth-order valence-electron chi connectivity index (χ4n) is 3.60. The molecule has 32 heavy (non-hydrogen) atoms. The van der Waals surface area contributed by atoms with Crippen molar-refractivity contribution in [2.24, 2.45) is 0 Å². The highest BCUT2D eigenvalue weighted by atomic mass is 32.2. The number of hydrogen-bond acceptors (Lipinski definition) is 5. The molecule has 0 unspecified atom stereocenters. The predicted molar refractivity (Wildman–Crippen MR) is 117 cm³/mol. The number of furan rings is 1. The zero-order chi connectivity index (χ0) is 22.1. The summed E-state index contributed by atoms with van der Waals surface area (Å²) in [5, 5.41) is 0.874. The van der Waals surface area contributed by atoms with Gasteiger partial charge in [-0.05, 0) is 29.8 Å². The number of rotatable bonds is 5. The Kier molecular flexibility index (Phi) is 5.32. The molecule has 0 saturated heterocycles. The first-order valence-corrected chi connectivity index (χ1v) is 11.6. The average Bonchev–Trinajstić information content (AvgIpc) is 3.15. The fourth-order valence-corrected chi connectivity index (χ4v) is 4.81. The molecule has 4 aromatic rings. The molecule has 0 spiro atoms. The lowest BCUT2D eigenvalue weighted by atomic mass is 10.1. The van der Waals surface area contributed by atoms with E-state index in [9.17, 15) is 12.8 Å². The van der Waals surface area contributed by atoms with E-state index in [2.05, 4.69) is 4.72 Å². The summed E-state index contributed by atoms with van der Waals surface area (Å²) >= 11 is 0. The molecule has 0 bridgehead atoms. The highest BCUT2D eigenvalue weighted by molar-refractivity contribution is 7.89. The third kappa shape index (κ3) is 4.06. The summed E-state index contributed by atoms with van der Waals surface area (Å²) in [5.74, 6) is 0.963. The normalized spacial score (nSPS) is 17.1. The minimum Gasteiger partial charge on any atom is -0.487 e. The third-order valence-corrected chi connectivity index (χ3v) is 6.62. The van der Waals surface area contributed by atoms with Crippen LogP contribution >= 0.6 is 0 Å². The number of sulfonamides is 1. The molecule has 5 rings (SSSR count). The summed E-state index contributed by atoms with van der Waals surface area (Å²) in [5.41, 5.74) is 1.39. The Morgan fingerprint density at radius 2 is 1.59 bits per heavy atom. The molecule has 1 aromatic heterocycles. The number of alkyl halides is 1. The van der Waals surface area contributed by atoms with E-state index in [1.807, 2.05) is 60.7 Å². The van der Waals surface area contributed by atoms with Crippen molar-refractivity contribution in [2.75, 3.05) is 13.2 Å². The molecule has 0 saturated carbocycles. The van der Waals surface area contributed by atoms with Gasteiger partial charge in [-0.15, -0.1) is 0 Å². The van der Waals surface area contributed by atoms with Crippen LogP contribution in [-0.4, -0.2) is 27.8 Å². The van der Waals surface area contributed by atoms with Crippen LogP contribution in [0.15, 0.2) is 88.2 Å². The Balaban J connectivity index is 1.52. The van der Waals surface area contributed by atoms with Gasteiger partial charge < -0.3 is 13.9 Å². The number of para-hydroxylation sites is 1. The van der Waals surface area contributed by atoms with Crippen molar-refractivity contribution >= 4 is 21.0 Å². The summed E-state index contributed by atoms with van der Waals surface area (Å²) < 4.78 is 59.7. The van der Waals surface area contributed by atoms with Gasteiger partial charge in [0.05, 0.1) is 4.90 Å². The summed E-state index contributed by atoms with van der Waals surface area (Å²) in [6, 6.07) is 22.0. The first-order valence-electron chi connectivity index (χ1n) is 10.1. The molecule has 8 heteroatoms. The summed E-state index contributed by atoms with van der Waals surface area (Å²) in [6.07, 6.45) is -1.28. The summed E-state index contributed by atoms with van der Waals surface area (Å²) in [7, 11) is -3.99. The lowest BCUT2D eigenvalue weighted by Gasteiger charge is -2.18. The molecule has 164 valence electrons. The molecular weight excluding hydrogens is 433 g/mol. The lowest BCUT2D eigenvalue weighted by molar-refractivity contribution is 0.162. The largest absolute Gasteiger partial charge is 0.487 e. The molecule has 6 nitrogen and oxygen atoms in total. The second-order valence-corrected chi connectivity index (χ2v) is 9.19. The lowest BCUT2D eigenvalue weighted by Crippen LogP contribution is -2.29. The molecule has 0 amide bonds. The van der Waals surface area contributed by atoms with Crippen molar-refractivity contribution in [3.63, 3.8) is 0 Å². The van der Waals surface area contributed by atoms with Crippen LogP contribution < -0.4 is 14.2 Å². The van der Waals surface area contributed by atoms with E-state index in [1.165, 1.54) is 18.2 Å². The van der Waals surface area contributed by atoms with Crippen molar-refractivity contribution in [2.45, 2.75) is 17.1 Å². The van der Waals surface area contributed by atoms with E-state index in [4.69, 9.17) is 13.9 Å². The van der Waals surface area contributed by atoms with Crippen LogP contribution in [0.1, 0.15) is 17.4 Å². The highest BCUT2D eigenvalue weighted by Gasteiger charge is 2.27. The first-order chi connectivity index (χ1) is 15.5. The number of hydrogen-bond donors (Lipinski definition) is 1. The number of nitrogens with one attached hydrogen (secondary N) is 1. The van der Waals surface area contributed by atoms with Crippen LogP contribution in [0.3, 0.4) is 0 Å². The number of halogens is 1. The van der Waals surface area contributed by atoms with Crippen LogP contribution in [0.5, 0.6) is 11.5 Å². The number of fused-ring (bicyclic) bond motifs is 2. The molecule has 0 radical (unpaired) electrons. The summed E-state index contributed by atoms with van der Waals surface area (Å²) in [4.78, 5) is -0.0193. The molecule has 0 fully saturated rings. The topological polar surface area (TPSA) is 77.8 Å². The van der Waals surface area contributed by atoms with Gasteiger partial charge in [0.2, 0.25) is 10.0 Å². The van der Waals surface area contributed by atoms with Gasteiger partial charge in [0.1, 0.15) is 30.6 Å². The van der Waals surface area contributed by atoms with Crippen LogP contribution in [0, 0.1) is 0 Å². The predicted octanol–water partition coefficient (Wildman–Crippen LogP) is 4.61. The molecule has 0 aliphatic carbocycles. The van der Waals surface area contributed by atoms with E-state index in [0.717, 1.165) is 10.9 Å². The van der Waals surface area contributed by atoms with Gasteiger partial charge in [-0.2, -0.15) is 4.72 Å². The maximum atomic E-state index is 13.6. The average molecular weight is 453 g/mol. The second kappa shape index (κ2) is 8.29. The third-order valence-electron chi connectivity index (χ3n) is 5.20. The van der Waals surface area contributed by atoms with Crippen LogP contribution in [0.2, 0.25) is 0 Å². The number of benzene rings is 3. The van der Waals surface area contributed by atoms with E-state index in [-0.39, 0.29) is 23.9 Å². The second-order valence-electron chi connectivity index (χ2n) is 7.48. The van der Waals surface area contributed by atoms with Gasteiger partial charge in [-0.3, -0.25) is 0 Å². The maximum absolute atomic E-state index is 13.6. The maximum Gasteiger partial charge on any atom is 0.241 e. The zero-order valence-corrected chi connectivity index (χ0v) is 17.7. The molecular formula is C24H20FNO5S. The van der Waals surface area contributed by atoms with Crippen molar-refractivity contribution in [3.05, 3.63) is 90.2 Å². The number of ether oxygens (including phenoxy) is 2. The van der Waals surface area contributed by atoms with Crippen LogP contribution in [0.4, 0.5) is 4.39 Å². The highest BCUT2D eigenvalue weighted by Crippen LogP contribution is 2.34. The standard InChI is InChI=1S/C24H20FNO5S/c25-18-14-29-21-11-10-19(13-22(21)30-15-18)32(27,28)26-24(16-6-2-1-3-7-16)23-12-17-8-4-5-9-20(17)31-23/h1-13,18,24,26H,14-15H2/t18-,24+/m1/s1. The van der Waals surface area contributed by atoms with Crippen LogP contribution in [-0.2, 0) is 10.0 Å². The molecule has 1 aliphatic heterocycles. The van der Waals surface area contributed by atoms with Crippen molar-refractivity contribution < 1.29 is 26.7 Å². The Morgan fingerprint density at radius 1 is 0.875 bits per heavy atom. The van der Waals surface area contributed by atoms with Crippen molar-refractivity contribution in [3.8, 4) is 11.5 Å². The smallest absolute Gasteiger partial charge is 0.241 e. The Hall–Kier alpha value is -3.36.